The molecular formula is C14H20F3N3. The van der Waals surface area contributed by atoms with Crippen molar-refractivity contribution in [3.63, 3.8) is 0 Å². The molecule has 3 rings (SSSR count). The number of rotatable bonds is 1. The van der Waals surface area contributed by atoms with Gasteiger partial charge in [0.05, 0.1) is 5.69 Å². The molecule has 1 aliphatic carbocycles. The van der Waals surface area contributed by atoms with Crippen molar-refractivity contribution in [3.05, 3.63) is 17.2 Å². The summed E-state index contributed by atoms with van der Waals surface area (Å²) in [5.41, 5.74) is 1.03. The number of halogens is 3. The molecule has 112 valence electrons. The molecule has 20 heavy (non-hydrogen) atoms. The van der Waals surface area contributed by atoms with Crippen LogP contribution in [0.3, 0.4) is 0 Å². The molecule has 2 aliphatic rings. The molecule has 2 heterocycles. The molecule has 0 unspecified atom stereocenters. The lowest BCUT2D eigenvalue weighted by atomic mass is 10.0. The van der Waals surface area contributed by atoms with Gasteiger partial charge in [-0.1, -0.05) is 27.7 Å². The predicted octanol–water partition coefficient (Wildman–Crippen LogP) is 3.15. The van der Waals surface area contributed by atoms with Gasteiger partial charge in [-0.2, -0.15) is 13.2 Å². The van der Waals surface area contributed by atoms with Crippen molar-refractivity contribution < 1.29 is 13.2 Å². The maximum absolute atomic E-state index is 13.3. The number of fused-ring (bicyclic) bond motifs is 1. The Labute approximate surface area is 116 Å². The van der Waals surface area contributed by atoms with Gasteiger partial charge in [0, 0.05) is 31.2 Å². The first kappa shape index (κ1) is 13.9. The molecule has 0 spiro atoms. The molecule has 0 bridgehead atoms. The quantitative estimate of drug-likeness (QED) is 0.860. The second-order valence-electron chi connectivity index (χ2n) is 6.97. The fourth-order valence-corrected chi connectivity index (χ4v) is 3.62. The largest absolute Gasteiger partial charge is 0.449 e. The van der Waals surface area contributed by atoms with Gasteiger partial charge in [0.2, 0.25) is 5.82 Å². The lowest BCUT2D eigenvalue weighted by Gasteiger charge is -2.18. The van der Waals surface area contributed by atoms with Gasteiger partial charge < -0.3 is 9.88 Å². The highest BCUT2D eigenvalue weighted by Crippen LogP contribution is 2.72. The molecular weight excluding hydrogens is 267 g/mol. The van der Waals surface area contributed by atoms with E-state index in [4.69, 9.17) is 0 Å². The standard InChI is InChI=1S/C14H20F3N3/c1-12(2)10(13(12,3)4)20-9-5-6-18-7-8(9)19-11(20)14(15,16)17/h10,18H,5-7H2,1-4H3. The predicted molar refractivity (Wildman–Crippen MR) is 69.2 cm³/mol. The van der Waals surface area contributed by atoms with E-state index in [1.165, 1.54) is 4.57 Å². The van der Waals surface area contributed by atoms with Gasteiger partial charge in [-0.25, -0.2) is 4.98 Å². The molecule has 0 radical (unpaired) electrons. The summed E-state index contributed by atoms with van der Waals surface area (Å²) in [6.45, 7) is 9.27. The third-order valence-electron chi connectivity index (χ3n) is 5.38. The first-order valence-electron chi connectivity index (χ1n) is 6.96. The number of hydrogen-bond acceptors (Lipinski definition) is 2. The summed E-state index contributed by atoms with van der Waals surface area (Å²) in [5.74, 6) is -0.727. The van der Waals surface area contributed by atoms with Crippen LogP contribution in [0, 0.1) is 10.8 Å². The molecule has 0 amide bonds. The molecule has 1 aliphatic heterocycles. The van der Waals surface area contributed by atoms with Crippen molar-refractivity contribution in [2.45, 2.75) is 52.9 Å². The maximum atomic E-state index is 13.3. The van der Waals surface area contributed by atoms with Crippen LogP contribution in [0.2, 0.25) is 0 Å². The Morgan fingerprint density at radius 3 is 2.30 bits per heavy atom. The van der Waals surface area contributed by atoms with Crippen LogP contribution in [0.25, 0.3) is 0 Å². The molecule has 1 aromatic rings. The van der Waals surface area contributed by atoms with E-state index in [0.717, 1.165) is 5.69 Å². The Morgan fingerprint density at radius 2 is 1.80 bits per heavy atom. The smallest absolute Gasteiger partial charge is 0.320 e. The average Bonchev–Trinajstić information content (AvgIpc) is 2.64. The molecule has 1 N–H and O–H groups in total. The van der Waals surface area contributed by atoms with Crippen LogP contribution in [0.1, 0.15) is 50.9 Å². The zero-order chi connectivity index (χ0) is 14.9. The lowest BCUT2D eigenvalue weighted by Crippen LogP contribution is -2.25. The molecule has 6 heteroatoms. The minimum absolute atomic E-state index is 0.138. The van der Waals surface area contributed by atoms with Crippen molar-refractivity contribution in [2.24, 2.45) is 10.8 Å². The van der Waals surface area contributed by atoms with Gasteiger partial charge in [-0.05, 0) is 10.8 Å². The van der Waals surface area contributed by atoms with Gasteiger partial charge in [0.15, 0.2) is 0 Å². The fraction of sp³-hybridized carbons (Fsp3) is 0.786. The number of alkyl halides is 3. The third-order valence-corrected chi connectivity index (χ3v) is 5.38. The molecule has 1 saturated carbocycles. The van der Waals surface area contributed by atoms with Gasteiger partial charge >= 0.3 is 6.18 Å². The number of hydrogen-bond donors (Lipinski definition) is 1. The number of nitrogens with one attached hydrogen (secondary N) is 1. The van der Waals surface area contributed by atoms with E-state index in [9.17, 15) is 13.2 Å². The fourth-order valence-electron chi connectivity index (χ4n) is 3.62. The number of imidazole rings is 1. The van der Waals surface area contributed by atoms with Gasteiger partial charge in [0.25, 0.3) is 0 Å². The van der Waals surface area contributed by atoms with Crippen molar-refractivity contribution in [1.82, 2.24) is 14.9 Å². The van der Waals surface area contributed by atoms with Crippen molar-refractivity contribution in [3.8, 4) is 0 Å². The Hall–Kier alpha value is -1.04. The second kappa shape index (κ2) is 3.78. The Morgan fingerprint density at radius 1 is 1.20 bits per heavy atom. The molecule has 1 aromatic heterocycles. The molecule has 0 atom stereocenters. The average molecular weight is 287 g/mol. The molecule has 1 fully saturated rings. The van der Waals surface area contributed by atoms with Crippen LogP contribution in [0.4, 0.5) is 13.2 Å². The normalized spacial score (nSPS) is 24.6. The van der Waals surface area contributed by atoms with Crippen LogP contribution in [-0.4, -0.2) is 16.1 Å². The highest BCUT2D eigenvalue weighted by Gasteiger charge is 2.67. The van der Waals surface area contributed by atoms with E-state index in [0.29, 0.717) is 25.2 Å². The highest BCUT2D eigenvalue weighted by atomic mass is 19.4. The van der Waals surface area contributed by atoms with Crippen molar-refractivity contribution in [2.75, 3.05) is 6.54 Å². The Balaban J connectivity index is 2.17. The Kier molecular flexibility index (Phi) is 2.63. The van der Waals surface area contributed by atoms with E-state index in [1.807, 2.05) is 27.7 Å². The first-order valence-corrected chi connectivity index (χ1v) is 6.96. The van der Waals surface area contributed by atoms with E-state index < -0.39 is 12.0 Å². The van der Waals surface area contributed by atoms with Crippen LogP contribution < -0.4 is 5.32 Å². The van der Waals surface area contributed by atoms with E-state index in [2.05, 4.69) is 10.3 Å². The molecule has 3 nitrogen and oxygen atoms in total. The molecule has 0 aromatic carbocycles. The summed E-state index contributed by atoms with van der Waals surface area (Å²) < 4.78 is 41.5. The van der Waals surface area contributed by atoms with Gasteiger partial charge in [0.1, 0.15) is 0 Å². The summed E-state index contributed by atoms with van der Waals surface area (Å²) in [6, 6.07) is -0.138. The van der Waals surface area contributed by atoms with Crippen LogP contribution in [0.5, 0.6) is 0 Å². The van der Waals surface area contributed by atoms with E-state index in [1.54, 1.807) is 0 Å². The van der Waals surface area contributed by atoms with E-state index >= 15 is 0 Å². The zero-order valence-corrected chi connectivity index (χ0v) is 12.2. The van der Waals surface area contributed by atoms with Crippen molar-refractivity contribution >= 4 is 0 Å². The SMILES string of the molecule is CC1(C)C(n2c(C(F)(F)F)nc3c2CCNC3)C1(C)C. The number of aromatic nitrogens is 2. The Bertz CT molecular complexity index is 541. The summed E-state index contributed by atoms with van der Waals surface area (Å²) >= 11 is 0. The summed E-state index contributed by atoms with van der Waals surface area (Å²) in [7, 11) is 0. The first-order chi connectivity index (χ1) is 9.08. The maximum Gasteiger partial charge on any atom is 0.449 e. The zero-order valence-electron chi connectivity index (χ0n) is 12.2. The third kappa shape index (κ3) is 1.66. The lowest BCUT2D eigenvalue weighted by molar-refractivity contribution is -0.147. The topological polar surface area (TPSA) is 29.9 Å². The minimum atomic E-state index is -4.40. The van der Waals surface area contributed by atoms with Gasteiger partial charge in [-0.3, -0.25) is 0 Å². The number of nitrogens with zero attached hydrogens (tertiary/aromatic N) is 2. The minimum Gasteiger partial charge on any atom is -0.320 e. The van der Waals surface area contributed by atoms with Crippen molar-refractivity contribution in [1.29, 1.82) is 0 Å². The summed E-state index contributed by atoms with van der Waals surface area (Å²) in [5, 5.41) is 3.09. The van der Waals surface area contributed by atoms with Crippen LogP contribution >= 0.6 is 0 Å². The van der Waals surface area contributed by atoms with E-state index in [-0.39, 0.29) is 16.9 Å². The molecule has 0 saturated heterocycles. The summed E-state index contributed by atoms with van der Waals surface area (Å²) in [6.07, 6.45) is -3.78. The van der Waals surface area contributed by atoms with Crippen LogP contribution in [-0.2, 0) is 19.1 Å². The monoisotopic (exact) mass is 287 g/mol. The second-order valence-corrected chi connectivity index (χ2v) is 6.97. The summed E-state index contributed by atoms with van der Waals surface area (Å²) in [4.78, 5) is 3.89. The van der Waals surface area contributed by atoms with Crippen LogP contribution in [0.15, 0.2) is 0 Å². The van der Waals surface area contributed by atoms with Gasteiger partial charge in [-0.15, -0.1) is 0 Å². The highest BCUT2D eigenvalue weighted by molar-refractivity contribution is 5.29.